The SMILES string of the molecule is O=C(Nc1cc(F)ccc1N1CCCCC1)c1ccn(-c2ccccc2)n1. The maximum atomic E-state index is 13.8. The number of nitrogens with one attached hydrogen (secondary N) is 1. The quantitative estimate of drug-likeness (QED) is 0.753. The average molecular weight is 364 g/mol. The maximum Gasteiger partial charge on any atom is 0.276 e. The minimum atomic E-state index is -0.374. The molecule has 5 nitrogen and oxygen atoms in total. The zero-order valence-electron chi connectivity index (χ0n) is 14.9. The minimum Gasteiger partial charge on any atom is -0.370 e. The van der Waals surface area contributed by atoms with E-state index < -0.39 is 0 Å². The molecule has 0 atom stereocenters. The van der Waals surface area contributed by atoms with Gasteiger partial charge in [0.1, 0.15) is 5.82 Å². The predicted octanol–water partition coefficient (Wildman–Crippen LogP) is 4.25. The molecule has 0 bridgehead atoms. The van der Waals surface area contributed by atoms with Crippen LogP contribution in [0.5, 0.6) is 0 Å². The first kappa shape index (κ1) is 17.3. The molecule has 1 aromatic heterocycles. The number of aromatic nitrogens is 2. The van der Waals surface area contributed by atoms with Gasteiger partial charge in [-0.1, -0.05) is 18.2 Å². The normalized spacial score (nSPS) is 14.2. The average Bonchev–Trinajstić information content (AvgIpc) is 3.20. The Balaban J connectivity index is 1.56. The second-order valence-electron chi connectivity index (χ2n) is 6.64. The first-order chi connectivity index (χ1) is 13.2. The molecule has 0 aliphatic carbocycles. The number of benzene rings is 2. The molecule has 6 heteroatoms. The van der Waals surface area contributed by atoms with Crippen LogP contribution < -0.4 is 10.2 Å². The van der Waals surface area contributed by atoms with Crippen molar-refractivity contribution < 1.29 is 9.18 Å². The summed E-state index contributed by atoms with van der Waals surface area (Å²) in [6.45, 7) is 1.83. The molecule has 1 aliphatic rings. The molecule has 1 amide bonds. The van der Waals surface area contributed by atoms with Gasteiger partial charge in [-0.05, 0) is 55.7 Å². The molecule has 1 N–H and O–H groups in total. The van der Waals surface area contributed by atoms with E-state index in [4.69, 9.17) is 0 Å². The van der Waals surface area contributed by atoms with Gasteiger partial charge in [0.25, 0.3) is 5.91 Å². The van der Waals surface area contributed by atoms with Crippen molar-refractivity contribution in [3.8, 4) is 5.69 Å². The van der Waals surface area contributed by atoms with Gasteiger partial charge in [-0.25, -0.2) is 9.07 Å². The summed E-state index contributed by atoms with van der Waals surface area (Å²) in [6, 6.07) is 15.8. The van der Waals surface area contributed by atoms with Gasteiger partial charge in [0.05, 0.1) is 17.1 Å². The molecule has 0 saturated carbocycles. The third-order valence-electron chi connectivity index (χ3n) is 4.75. The summed E-state index contributed by atoms with van der Waals surface area (Å²) >= 11 is 0. The van der Waals surface area contributed by atoms with Crippen molar-refractivity contribution in [1.29, 1.82) is 0 Å². The summed E-state index contributed by atoms with van der Waals surface area (Å²) in [5.74, 6) is -0.727. The van der Waals surface area contributed by atoms with Crippen molar-refractivity contribution in [2.45, 2.75) is 19.3 Å². The molecular formula is C21H21FN4O. The van der Waals surface area contributed by atoms with Crippen molar-refractivity contribution in [1.82, 2.24) is 9.78 Å². The number of carbonyl (C=O) groups excluding carboxylic acids is 1. The Labute approximate surface area is 157 Å². The van der Waals surface area contributed by atoms with Crippen LogP contribution in [0.25, 0.3) is 5.69 Å². The summed E-state index contributed by atoms with van der Waals surface area (Å²) in [5, 5.41) is 7.17. The Morgan fingerprint density at radius 1 is 1.00 bits per heavy atom. The Morgan fingerprint density at radius 2 is 1.78 bits per heavy atom. The highest BCUT2D eigenvalue weighted by atomic mass is 19.1. The van der Waals surface area contributed by atoms with Crippen molar-refractivity contribution >= 4 is 17.3 Å². The fraction of sp³-hybridized carbons (Fsp3) is 0.238. The Hall–Kier alpha value is -3.15. The third kappa shape index (κ3) is 3.84. The van der Waals surface area contributed by atoms with Crippen LogP contribution in [0, 0.1) is 5.82 Å². The van der Waals surface area contributed by atoms with Gasteiger partial charge in [-0.3, -0.25) is 4.79 Å². The number of hydrogen-bond acceptors (Lipinski definition) is 3. The fourth-order valence-electron chi connectivity index (χ4n) is 3.37. The number of nitrogens with zero attached hydrogens (tertiary/aromatic N) is 3. The zero-order chi connectivity index (χ0) is 18.6. The van der Waals surface area contributed by atoms with Gasteiger partial charge in [-0.2, -0.15) is 5.10 Å². The number of para-hydroxylation sites is 1. The standard InChI is InChI=1S/C21H21FN4O/c22-16-9-10-20(25-12-5-2-6-13-25)19(15-16)23-21(27)18-11-14-26(24-18)17-7-3-1-4-8-17/h1,3-4,7-11,14-15H,2,5-6,12-13H2,(H,23,27). The van der Waals surface area contributed by atoms with Crippen LogP contribution in [0.15, 0.2) is 60.8 Å². The number of piperidine rings is 1. The highest BCUT2D eigenvalue weighted by Crippen LogP contribution is 2.29. The molecule has 0 unspecified atom stereocenters. The van der Waals surface area contributed by atoms with Gasteiger partial charge in [0.2, 0.25) is 0 Å². The number of carbonyl (C=O) groups is 1. The smallest absolute Gasteiger partial charge is 0.276 e. The van der Waals surface area contributed by atoms with Crippen LogP contribution >= 0.6 is 0 Å². The number of rotatable bonds is 4. The summed E-state index contributed by atoms with van der Waals surface area (Å²) < 4.78 is 15.4. The molecule has 27 heavy (non-hydrogen) atoms. The fourth-order valence-corrected chi connectivity index (χ4v) is 3.37. The van der Waals surface area contributed by atoms with E-state index in [0.717, 1.165) is 37.3 Å². The van der Waals surface area contributed by atoms with E-state index in [1.165, 1.54) is 18.6 Å². The molecule has 138 valence electrons. The van der Waals surface area contributed by atoms with Crippen LogP contribution in [-0.4, -0.2) is 28.8 Å². The number of hydrogen-bond donors (Lipinski definition) is 1. The molecule has 0 spiro atoms. The largest absolute Gasteiger partial charge is 0.370 e. The lowest BCUT2D eigenvalue weighted by molar-refractivity contribution is 0.102. The van der Waals surface area contributed by atoms with E-state index in [1.54, 1.807) is 23.0 Å². The van der Waals surface area contributed by atoms with E-state index >= 15 is 0 Å². The van der Waals surface area contributed by atoms with Gasteiger partial charge in [0.15, 0.2) is 5.69 Å². The van der Waals surface area contributed by atoms with Gasteiger partial charge in [-0.15, -0.1) is 0 Å². The topological polar surface area (TPSA) is 50.2 Å². The second kappa shape index (κ2) is 7.61. The predicted molar refractivity (Wildman–Crippen MR) is 104 cm³/mol. The van der Waals surface area contributed by atoms with Gasteiger partial charge < -0.3 is 10.2 Å². The highest BCUT2D eigenvalue weighted by molar-refractivity contribution is 6.04. The van der Waals surface area contributed by atoms with Crippen molar-refractivity contribution in [3.05, 3.63) is 72.3 Å². The molecule has 1 fully saturated rings. The lowest BCUT2D eigenvalue weighted by atomic mass is 10.1. The van der Waals surface area contributed by atoms with Gasteiger partial charge in [0, 0.05) is 19.3 Å². The summed E-state index contributed by atoms with van der Waals surface area (Å²) in [5.41, 5.74) is 2.49. The monoisotopic (exact) mass is 364 g/mol. The first-order valence-electron chi connectivity index (χ1n) is 9.18. The van der Waals surface area contributed by atoms with Crippen molar-refractivity contribution in [3.63, 3.8) is 0 Å². The van der Waals surface area contributed by atoms with Crippen LogP contribution in [0.4, 0.5) is 15.8 Å². The van der Waals surface area contributed by atoms with E-state index in [9.17, 15) is 9.18 Å². The van der Waals surface area contributed by atoms with E-state index in [0.29, 0.717) is 5.69 Å². The first-order valence-corrected chi connectivity index (χ1v) is 9.18. The number of anilines is 2. The molecule has 3 aromatic rings. The van der Waals surface area contributed by atoms with E-state index in [1.807, 2.05) is 30.3 Å². The molecule has 1 saturated heterocycles. The summed E-state index contributed by atoms with van der Waals surface area (Å²) in [7, 11) is 0. The molecule has 2 heterocycles. The Morgan fingerprint density at radius 3 is 2.56 bits per heavy atom. The second-order valence-corrected chi connectivity index (χ2v) is 6.64. The lowest BCUT2D eigenvalue weighted by Gasteiger charge is -2.30. The molecule has 2 aromatic carbocycles. The van der Waals surface area contributed by atoms with E-state index in [2.05, 4.69) is 15.3 Å². The van der Waals surface area contributed by atoms with Crippen LogP contribution in [0.3, 0.4) is 0 Å². The zero-order valence-corrected chi connectivity index (χ0v) is 14.9. The number of amides is 1. The molecule has 4 rings (SSSR count). The van der Waals surface area contributed by atoms with Crippen molar-refractivity contribution in [2.75, 3.05) is 23.3 Å². The molecule has 0 radical (unpaired) electrons. The molecule has 1 aliphatic heterocycles. The Bertz CT molecular complexity index is 932. The van der Waals surface area contributed by atoms with Crippen LogP contribution in [-0.2, 0) is 0 Å². The van der Waals surface area contributed by atoms with Crippen LogP contribution in [0.1, 0.15) is 29.8 Å². The maximum absolute atomic E-state index is 13.8. The van der Waals surface area contributed by atoms with E-state index in [-0.39, 0.29) is 17.4 Å². The van der Waals surface area contributed by atoms with Crippen LogP contribution in [0.2, 0.25) is 0 Å². The minimum absolute atomic E-state index is 0.285. The lowest BCUT2D eigenvalue weighted by Crippen LogP contribution is -2.30. The summed E-state index contributed by atoms with van der Waals surface area (Å²) in [4.78, 5) is 14.9. The summed E-state index contributed by atoms with van der Waals surface area (Å²) in [6.07, 6.45) is 5.15. The third-order valence-corrected chi connectivity index (χ3v) is 4.75. The van der Waals surface area contributed by atoms with Crippen molar-refractivity contribution in [2.24, 2.45) is 0 Å². The highest BCUT2D eigenvalue weighted by Gasteiger charge is 2.18. The Kier molecular flexibility index (Phi) is 4.87. The number of halogens is 1. The van der Waals surface area contributed by atoms with Gasteiger partial charge >= 0.3 is 0 Å². The molecular weight excluding hydrogens is 343 g/mol.